The first-order valence-electron chi connectivity index (χ1n) is 6.36. The third-order valence-electron chi connectivity index (χ3n) is 3.05. The van der Waals surface area contributed by atoms with Crippen LogP contribution in [-0.4, -0.2) is 50.7 Å². The molecule has 0 saturated heterocycles. The van der Waals surface area contributed by atoms with Gasteiger partial charge in [0.1, 0.15) is 5.69 Å². The minimum Gasteiger partial charge on any atom is -0.493 e. The molecule has 0 aliphatic heterocycles. The first-order valence-corrected chi connectivity index (χ1v) is 6.36. The predicted octanol–water partition coefficient (Wildman–Crippen LogP) is 1.98. The summed E-state index contributed by atoms with van der Waals surface area (Å²) < 4.78 is 10.2. The van der Waals surface area contributed by atoms with Crippen molar-refractivity contribution in [3.8, 4) is 11.5 Å². The van der Waals surface area contributed by atoms with Crippen LogP contribution in [0.1, 0.15) is 6.92 Å². The van der Waals surface area contributed by atoms with Gasteiger partial charge in [-0.1, -0.05) is 6.92 Å². The zero-order valence-electron chi connectivity index (χ0n) is 12.3. The van der Waals surface area contributed by atoms with Crippen LogP contribution in [0.3, 0.4) is 0 Å². The lowest BCUT2D eigenvalue weighted by molar-refractivity contribution is -0.384. The minimum absolute atomic E-state index is 0.0261. The lowest BCUT2D eigenvalue weighted by Gasteiger charge is -2.16. The second kappa shape index (κ2) is 7.54. The summed E-state index contributed by atoms with van der Waals surface area (Å²) in [7, 11) is 4.94. The molecular weight excluding hydrogens is 262 g/mol. The topological polar surface area (TPSA) is 76.9 Å². The molecule has 0 unspecified atom stereocenters. The van der Waals surface area contributed by atoms with Crippen molar-refractivity contribution in [3.63, 3.8) is 0 Å². The summed E-state index contributed by atoms with van der Waals surface area (Å²) in [5.41, 5.74) is 0.402. The maximum absolute atomic E-state index is 11.1. The van der Waals surface area contributed by atoms with E-state index in [9.17, 15) is 10.1 Å². The van der Waals surface area contributed by atoms with Gasteiger partial charge in [-0.15, -0.1) is 0 Å². The summed E-state index contributed by atoms with van der Waals surface area (Å²) >= 11 is 0. The smallest absolute Gasteiger partial charge is 0.296 e. The molecule has 112 valence electrons. The van der Waals surface area contributed by atoms with E-state index < -0.39 is 4.92 Å². The monoisotopic (exact) mass is 283 g/mol. The Kier molecular flexibility index (Phi) is 6.05. The number of methoxy groups -OCH3 is 2. The Morgan fingerprint density at radius 1 is 1.30 bits per heavy atom. The van der Waals surface area contributed by atoms with Crippen LogP contribution in [0.25, 0.3) is 0 Å². The highest BCUT2D eigenvalue weighted by Gasteiger charge is 2.19. The average Bonchev–Trinajstić information content (AvgIpc) is 2.45. The van der Waals surface area contributed by atoms with Crippen molar-refractivity contribution in [2.24, 2.45) is 0 Å². The fourth-order valence-corrected chi connectivity index (χ4v) is 1.70. The van der Waals surface area contributed by atoms with E-state index in [1.165, 1.54) is 20.3 Å². The van der Waals surface area contributed by atoms with Gasteiger partial charge >= 0.3 is 0 Å². The average molecular weight is 283 g/mol. The molecule has 0 bridgehead atoms. The minimum atomic E-state index is -0.437. The van der Waals surface area contributed by atoms with E-state index in [1.54, 1.807) is 6.07 Å². The van der Waals surface area contributed by atoms with Gasteiger partial charge in [-0.3, -0.25) is 10.1 Å². The molecule has 0 aliphatic rings. The van der Waals surface area contributed by atoms with Crippen molar-refractivity contribution in [1.82, 2.24) is 4.90 Å². The molecule has 1 N–H and O–H groups in total. The van der Waals surface area contributed by atoms with Crippen LogP contribution in [-0.2, 0) is 0 Å². The van der Waals surface area contributed by atoms with Crippen LogP contribution < -0.4 is 14.8 Å². The number of nitrogens with one attached hydrogen (secondary N) is 1. The SMILES string of the molecule is CCN(C)CCNc1cc(OC)c(OC)cc1[N+](=O)[O-]. The molecule has 7 nitrogen and oxygen atoms in total. The summed E-state index contributed by atoms with van der Waals surface area (Å²) in [4.78, 5) is 12.8. The Morgan fingerprint density at radius 3 is 2.40 bits per heavy atom. The largest absolute Gasteiger partial charge is 0.493 e. The summed E-state index contributed by atoms with van der Waals surface area (Å²) in [6.45, 7) is 4.39. The fourth-order valence-electron chi connectivity index (χ4n) is 1.70. The molecule has 0 heterocycles. The van der Waals surface area contributed by atoms with Gasteiger partial charge in [0.15, 0.2) is 11.5 Å². The van der Waals surface area contributed by atoms with E-state index >= 15 is 0 Å². The van der Waals surface area contributed by atoms with Crippen molar-refractivity contribution < 1.29 is 14.4 Å². The zero-order chi connectivity index (χ0) is 15.1. The third kappa shape index (κ3) is 3.99. The molecule has 0 atom stereocenters. The molecule has 0 fully saturated rings. The lowest BCUT2D eigenvalue weighted by Crippen LogP contribution is -2.24. The molecule has 1 rings (SSSR count). The summed E-state index contributed by atoms with van der Waals surface area (Å²) in [5.74, 6) is 0.805. The number of rotatable bonds is 8. The van der Waals surface area contributed by atoms with E-state index in [1.807, 2.05) is 7.05 Å². The standard InChI is InChI=1S/C13H21N3O4/c1-5-15(2)7-6-14-10-8-12(19-3)13(20-4)9-11(10)16(17)18/h8-9,14H,5-7H2,1-4H3. The number of anilines is 1. The second-order valence-electron chi connectivity index (χ2n) is 4.30. The number of nitrogens with zero attached hydrogens (tertiary/aromatic N) is 2. The fraction of sp³-hybridized carbons (Fsp3) is 0.538. The van der Waals surface area contributed by atoms with E-state index in [-0.39, 0.29) is 5.69 Å². The highest BCUT2D eigenvalue weighted by atomic mass is 16.6. The van der Waals surface area contributed by atoms with Crippen molar-refractivity contribution in [2.45, 2.75) is 6.92 Å². The first kappa shape index (κ1) is 16.0. The molecule has 7 heteroatoms. The number of hydrogen-bond acceptors (Lipinski definition) is 6. The summed E-state index contributed by atoms with van der Waals surface area (Å²) in [6, 6.07) is 2.95. The third-order valence-corrected chi connectivity index (χ3v) is 3.05. The Balaban J connectivity index is 2.94. The number of benzene rings is 1. The Bertz CT molecular complexity index is 465. The molecule has 0 radical (unpaired) electrons. The number of likely N-dealkylation sites (N-methyl/N-ethyl adjacent to an activating group) is 1. The zero-order valence-corrected chi connectivity index (χ0v) is 12.3. The van der Waals surface area contributed by atoms with Crippen LogP contribution >= 0.6 is 0 Å². The van der Waals surface area contributed by atoms with E-state index in [0.29, 0.717) is 23.7 Å². The van der Waals surface area contributed by atoms with Crippen molar-refractivity contribution in [2.75, 3.05) is 46.2 Å². The molecular formula is C13H21N3O4. The van der Waals surface area contributed by atoms with Gasteiger partial charge < -0.3 is 19.7 Å². The first-order chi connectivity index (χ1) is 9.53. The van der Waals surface area contributed by atoms with E-state index in [4.69, 9.17) is 9.47 Å². The molecule has 0 spiro atoms. The predicted molar refractivity (Wildman–Crippen MR) is 77.9 cm³/mol. The van der Waals surface area contributed by atoms with Gasteiger partial charge in [0.05, 0.1) is 25.2 Å². The number of ether oxygens (including phenoxy) is 2. The highest BCUT2D eigenvalue weighted by molar-refractivity contribution is 5.68. The molecule has 0 saturated carbocycles. The van der Waals surface area contributed by atoms with Crippen molar-refractivity contribution in [1.29, 1.82) is 0 Å². The van der Waals surface area contributed by atoms with Gasteiger partial charge in [0.2, 0.25) is 0 Å². The van der Waals surface area contributed by atoms with Gasteiger partial charge in [-0.05, 0) is 13.6 Å². The number of nitro groups is 1. The Morgan fingerprint density at radius 2 is 1.90 bits per heavy atom. The normalized spacial score (nSPS) is 10.4. The summed E-state index contributed by atoms with van der Waals surface area (Å²) in [5, 5.41) is 14.2. The quantitative estimate of drug-likeness (QED) is 0.580. The molecule has 0 aliphatic carbocycles. The van der Waals surface area contributed by atoms with Gasteiger partial charge in [0, 0.05) is 19.2 Å². The van der Waals surface area contributed by atoms with E-state index in [2.05, 4.69) is 17.1 Å². The molecule has 1 aromatic rings. The van der Waals surface area contributed by atoms with Crippen LogP contribution in [0.5, 0.6) is 11.5 Å². The van der Waals surface area contributed by atoms with Crippen molar-refractivity contribution >= 4 is 11.4 Å². The van der Waals surface area contributed by atoms with Gasteiger partial charge in [-0.2, -0.15) is 0 Å². The molecule has 1 aromatic carbocycles. The highest BCUT2D eigenvalue weighted by Crippen LogP contribution is 2.37. The number of hydrogen-bond donors (Lipinski definition) is 1. The Hall–Kier alpha value is -2.02. The summed E-state index contributed by atoms with van der Waals surface area (Å²) in [6.07, 6.45) is 0. The second-order valence-corrected chi connectivity index (χ2v) is 4.30. The number of nitro benzene ring substituents is 1. The van der Waals surface area contributed by atoms with Crippen LogP contribution in [0.4, 0.5) is 11.4 Å². The van der Waals surface area contributed by atoms with Crippen LogP contribution in [0.2, 0.25) is 0 Å². The molecule has 0 amide bonds. The van der Waals surface area contributed by atoms with Gasteiger partial charge in [0.25, 0.3) is 5.69 Å². The van der Waals surface area contributed by atoms with Crippen LogP contribution in [0, 0.1) is 10.1 Å². The van der Waals surface area contributed by atoms with Crippen LogP contribution in [0.15, 0.2) is 12.1 Å². The molecule has 0 aromatic heterocycles. The van der Waals surface area contributed by atoms with Gasteiger partial charge in [-0.25, -0.2) is 0 Å². The molecule has 20 heavy (non-hydrogen) atoms. The maximum Gasteiger partial charge on any atom is 0.296 e. The lowest BCUT2D eigenvalue weighted by atomic mass is 10.2. The maximum atomic E-state index is 11.1. The Labute approximate surface area is 118 Å². The van der Waals surface area contributed by atoms with E-state index in [0.717, 1.165) is 13.1 Å². The van der Waals surface area contributed by atoms with Crippen molar-refractivity contribution in [3.05, 3.63) is 22.2 Å².